The quantitative estimate of drug-likeness (QED) is 0.716. The monoisotopic (exact) mass is 194 g/mol. The molecule has 0 fully saturated rings. The van der Waals surface area contributed by atoms with E-state index in [1.165, 1.54) is 11.5 Å². The summed E-state index contributed by atoms with van der Waals surface area (Å²) in [6, 6.07) is 1.83. The molecule has 0 bridgehead atoms. The molecule has 0 aliphatic carbocycles. The van der Waals surface area contributed by atoms with Gasteiger partial charge in [-0.25, -0.2) is 4.79 Å². The number of aryl methyl sites for hydroxylation is 2. The van der Waals surface area contributed by atoms with Gasteiger partial charge in [0.15, 0.2) is 0 Å². The van der Waals surface area contributed by atoms with E-state index < -0.39 is 0 Å². The summed E-state index contributed by atoms with van der Waals surface area (Å²) < 4.78 is 1.52. The van der Waals surface area contributed by atoms with Crippen LogP contribution in [0.3, 0.4) is 0 Å². The molecule has 0 aliphatic rings. The molecular weight excluding hydrogens is 180 g/mol. The number of nitrogens with zero attached hydrogens (tertiary/aromatic N) is 2. The molecule has 0 spiro atoms. The highest BCUT2D eigenvalue weighted by Gasteiger charge is 2.03. The molecule has 76 valence electrons. The van der Waals surface area contributed by atoms with Crippen molar-refractivity contribution in [2.45, 2.75) is 33.7 Å². The van der Waals surface area contributed by atoms with Crippen LogP contribution in [-0.2, 0) is 11.3 Å². The molecule has 1 aromatic rings. The first-order valence-corrected chi connectivity index (χ1v) is 4.55. The second-order valence-electron chi connectivity index (χ2n) is 3.43. The van der Waals surface area contributed by atoms with Crippen molar-refractivity contribution < 1.29 is 4.79 Å². The maximum Gasteiger partial charge on any atom is 0.347 e. The van der Waals surface area contributed by atoms with Crippen LogP contribution in [0.2, 0.25) is 0 Å². The highest BCUT2D eigenvalue weighted by Crippen LogP contribution is 1.98. The molecule has 14 heavy (non-hydrogen) atoms. The topological polar surface area (TPSA) is 52.0 Å². The van der Waals surface area contributed by atoms with Crippen LogP contribution in [0, 0.1) is 13.8 Å². The van der Waals surface area contributed by atoms with E-state index in [9.17, 15) is 9.59 Å². The fraction of sp³-hybridized carbons (Fsp3) is 0.500. The van der Waals surface area contributed by atoms with E-state index in [1.54, 1.807) is 6.92 Å². The van der Waals surface area contributed by atoms with Crippen LogP contribution in [0.4, 0.5) is 0 Å². The van der Waals surface area contributed by atoms with E-state index >= 15 is 0 Å². The Balaban J connectivity index is 2.97. The molecule has 0 atom stereocenters. The van der Waals surface area contributed by atoms with Crippen LogP contribution in [0.15, 0.2) is 10.9 Å². The van der Waals surface area contributed by atoms with Gasteiger partial charge in [-0.3, -0.25) is 9.36 Å². The van der Waals surface area contributed by atoms with Gasteiger partial charge in [0.25, 0.3) is 0 Å². The van der Waals surface area contributed by atoms with Crippen LogP contribution in [-0.4, -0.2) is 15.3 Å². The molecule has 0 saturated carbocycles. The van der Waals surface area contributed by atoms with Crippen LogP contribution >= 0.6 is 0 Å². The van der Waals surface area contributed by atoms with Gasteiger partial charge < -0.3 is 0 Å². The van der Waals surface area contributed by atoms with E-state index in [0.29, 0.717) is 18.7 Å². The van der Waals surface area contributed by atoms with Crippen LogP contribution < -0.4 is 5.69 Å². The summed E-state index contributed by atoms with van der Waals surface area (Å²) in [5.41, 5.74) is 1.29. The minimum absolute atomic E-state index is 0.0804. The Morgan fingerprint density at radius 3 is 2.64 bits per heavy atom. The Morgan fingerprint density at radius 2 is 2.14 bits per heavy atom. The van der Waals surface area contributed by atoms with Gasteiger partial charge in [0.2, 0.25) is 0 Å². The van der Waals surface area contributed by atoms with Gasteiger partial charge in [-0.2, -0.15) is 4.98 Å². The summed E-state index contributed by atoms with van der Waals surface area (Å²) >= 11 is 0. The molecule has 4 nitrogen and oxygen atoms in total. The fourth-order valence-corrected chi connectivity index (χ4v) is 1.32. The smallest absolute Gasteiger partial charge is 0.300 e. The lowest BCUT2D eigenvalue weighted by Crippen LogP contribution is -2.26. The Labute approximate surface area is 82.6 Å². The lowest BCUT2D eigenvalue weighted by Gasteiger charge is -2.07. The molecule has 0 unspecified atom stereocenters. The molecule has 0 aromatic carbocycles. The summed E-state index contributed by atoms with van der Waals surface area (Å²) in [6.07, 6.45) is 0.380. The highest BCUT2D eigenvalue weighted by atomic mass is 16.1. The summed E-state index contributed by atoms with van der Waals surface area (Å²) in [5, 5.41) is 0. The summed E-state index contributed by atoms with van der Waals surface area (Å²) in [5.74, 6) is 0.0804. The number of rotatable bonds is 3. The standard InChI is InChI=1S/C10H14N2O2/c1-7-6-8(2)12(10(14)11-7)5-4-9(3)13/h6H,4-5H2,1-3H3. The zero-order valence-electron chi connectivity index (χ0n) is 8.70. The van der Waals surface area contributed by atoms with Crippen molar-refractivity contribution in [2.75, 3.05) is 0 Å². The maximum absolute atomic E-state index is 11.4. The van der Waals surface area contributed by atoms with E-state index in [2.05, 4.69) is 4.98 Å². The predicted octanol–water partition coefficient (Wildman–Crippen LogP) is 0.839. The number of hydrogen-bond acceptors (Lipinski definition) is 3. The normalized spacial score (nSPS) is 10.2. The SMILES string of the molecule is CC(=O)CCn1c(C)cc(C)nc1=O. The van der Waals surface area contributed by atoms with Crippen LogP contribution in [0.25, 0.3) is 0 Å². The third kappa shape index (κ3) is 2.52. The third-order valence-corrected chi connectivity index (χ3v) is 2.03. The van der Waals surface area contributed by atoms with Crippen molar-refractivity contribution >= 4 is 5.78 Å². The zero-order chi connectivity index (χ0) is 10.7. The van der Waals surface area contributed by atoms with Crippen molar-refractivity contribution in [1.29, 1.82) is 0 Å². The van der Waals surface area contributed by atoms with Crippen molar-refractivity contribution in [2.24, 2.45) is 0 Å². The van der Waals surface area contributed by atoms with E-state index in [-0.39, 0.29) is 11.5 Å². The van der Waals surface area contributed by atoms with E-state index in [4.69, 9.17) is 0 Å². The van der Waals surface area contributed by atoms with Crippen molar-refractivity contribution in [3.63, 3.8) is 0 Å². The molecule has 0 saturated heterocycles. The van der Waals surface area contributed by atoms with Crippen molar-refractivity contribution in [3.8, 4) is 0 Å². The number of Topliss-reactive ketones (excluding diaryl/α,β-unsaturated/α-hetero) is 1. The minimum Gasteiger partial charge on any atom is -0.300 e. The second kappa shape index (κ2) is 4.17. The van der Waals surface area contributed by atoms with Crippen molar-refractivity contribution in [1.82, 2.24) is 9.55 Å². The summed E-state index contributed by atoms with van der Waals surface area (Å²) in [4.78, 5) is 26.0. The Hall–Kier alpha value is -1.45. The molecule has 1 heterocycles. The van der Waals surface area contributed by atoms with Gasteiger partial charge in [0.05, 0.1) is 0 Å². The number of aromatic nitrogens is 2. The molecule has 0 radical (unpaired) electrons. The predicted molar refractivity (Wildman–Crippen MR) is 53.3 cm³/mol. The molecule has 0 amide bonds. The van der Waals surface area contributed by atoms with Gasteiger partial charge in [-0.15, -0.1) is 0 Å². The Bertz CT molecular complexity index is 407. The Kier molecular flexibility index (Phi) is 3.17. The number of ketones is 1. The molecule has 0 aliphatic heterocycles. The molecule has 1 rings (SSSR count). The first-order valence-electron chi connectivity index (χ1n) is 4.55. The third-order valence-electron chi connectivity index (χ3n) is 2.03. The molecule has 1 aromatic heterocycles. The largest absolute Gasteiger partial charge is 0.347 e. The minimum atomic E-state index is -0.274. The first kappa shape index (κ1) is 10.6. The first-order chi connectivity index (χ1) is 6.50. The number of carbonyl (C=O) groups excluding carboxylic acids is 1. The second-order valence-corrected chi connectivity index (χ2v) is 3.43. The van der Waals surface area contributed by atoms with Crippen LogP contribution in [0.1, 0.15) is 24.7 Å². The average Bonchev–Trinajstić information content (AvgIpc) is 2.01. The maximum atomic E-state index is 11.4. The van der Waals surface area contributed by atoms with Gasteiger partial charge >= 0.3 is 5.69 Å². The lowest BCUT2D eigenvalue weighted by atomic mass is 10.3. The zero-order valence-corrected chi connectivity index (χ0v) is 8.70. The fourth-order valence-electron chi connectivity index (χ4n) is 1.32. The lowest BCUT2D eigenvalue weighted by molar-refractivity contribution is -0.117. The summed E-state index contributed by atoms with van der Waals surface area (Å²) in [7, 11) is 0. The Morgan fingerprint density at radius 1 is 1.50 bits per heavy atom. The number of carbonyl (C=O) groups is 1. The average molecular weight is 194 g/mol. The van der Waals surface area contributed by atoms with Crippen molar-refractivity contribution in [3.05, 3.63) is 27.9 Å². The summed E-state index contributed by atoms with van der Waals surface area (Å²) in [6.45, 7) is 5.56. The number of hydrogen-bond donors (Lipinski definition) is 0. The van der Waals surface area contributed by atoms with Gasteiger partial charge in [-0.1, -0.05) is 0 Å². The van der Waals surface area contributed by atoms with Crippen LogP contribution in [0.5, 0.6) is 0 Å². The van der Waals surface area contributed by atoms with E-state index in [1.807, 2.05) is 13.0 Å². The molecular formula is C10H14N2O2. The highest BCUT2D eigenvalue weighted by molar-refractivity contribution is 5.75. The van der Waals surface area contributed by atoms with Gasteiger partial charge in [-0.05, 0) is 26.8 Å². The van der Waals surface area contributed by atoms with E-state index in [0.717, 1.165) is 5.69 Å². The molecule has 4 heteroatoms. The van der Waals surface area contributed by atoms with Gasteiger partial charge in [0.1, 0.15) is 5.78 Å². The molecule has 0 N–H and O–H groups in total. The van der Waals surface area contributed by atoms with Gasteiger partial charge in [0, 0.05) is 24.4 Å².